The van der Waals surface area contributed by atoms with Gasteiger partial charge in [-0.25, -0.2) is 0 Å². The molecule has 1 heterocycles. The number of carbonyl (C=O) groups is 1. The number of hydrogen-bond donors (Lipinski definition) is 1. The summed E-state index contributed by atoms with van der Waals surface area (Å²) in [4.78, 5) is 15.9. The second-order valence-corrected chi connectivity index (χ2v) is 14.5. The minimum Gasteiger partial charge on any atom is -0.493 e. The molecule has 2 aliphatic carbocycles. The molecule has 2 saturated carbocycles. The van der Waals surface area contributed by atoms with Crippen molar-refractivity contribution < 1.29 is 19.4 Å². The molecule has 1 aliphatic heterocycles. The number of aliphatic hydroxyl groups is 1. The van der Waals surface area contributed by atoms with Crippen LogP contribution in [0.25, 0.3) is 0 Å². The van der Waals surface area contributed by atoms with Crippen LogP contribution >= 0.6 is 11.6 Å². The smallest absolute Gasteiger partial charge is 0.232 e. The summed E-state index contributed by atoms with van der Waals surface area (Å²) in [5.74, 6) is 2.85. The summed E-state index contributed by atoms with van der Waals surface area (Å²) in [6.07, 6.45) is 8.69. The lowest BCUT2D eigenvalue weighted by molar-refractivity contribution is -0.118. The van der Waals surface area contributed by atoms with Gasteiger partial charge in [0.25, 0.3) is 0 Å². The van der Waals surface area contributed by atoms with E-state index < -0.39 is 5.60 Å². The molecule has 6 heteroatoms. The third-order valence-corrected chi connectivity index (χ3v) is 11.0. The lowest BCUT2D eigenvalue weighted by Crippen LogP contribution is -2.43. The number of halogens is 1. The Morgan fingerprint density at radius 1 is 1.00 bits per heavy atom. The van der Waals surface area contributed by atoms with Gasteiger partial charge in [-0.05, 0) is 111 Å². The number of benzene rings is 3. The van der Waals surface area contributed by atoms with Crippen LogP contribution in [0.1, 0.15) is 101 Å². The Labute approximate surface area is 267 Å². The summed E-state index contributed by atoms with van der Waals surface area (Å²) in [6.45, 7) is 8.26. The molecule has 5 nitrogen and oxygen atoms in total. The molecule has 0 radical (unpaired) electrons. The van der Waals surface area contributed by atoms with Crippen molar-refractivity contribution in [1.82, 2.24) is 0 Å². The quantitative estimate of drug-likeness (QED) is 0.288. The number of hydrogen-bond acceptors (Lipinski definition) is 4. The molecular weight excluding hydrogens is 570 g/mol. The molecule has 6 rings (SSSR count). The van der Waals surface area contributed by atoms with Crippen LogP contribution < -0.4 is 14.4 Å². The second-order valence-electron chi connectivity index (χ2n) is 14.1. The number of nitrogens with zero attached hydrogens (tertiary/aromatic N) is 1. The van der Waals surface area contributed by atoms with Gasteiger partial charge in [-0.1, -0.05) is 68.5 Å². The number of methoxy groups -OCH3 is 1. The maximum atomic E-state index is 14.0. The Morgan fingerprint density at radius 3 is 2.39 bits per heavy atom. The SMILES string of the molecule is COc1cc2c(cc1OC(C)C)[C@H](c1ccc(Cl)cc1)N(c1ccc(C(C)(O)C3(C)CCCC4CCC(C4)C3)cc1)C(=O)C2. The lowest BCUT2D eigenvalue weighted by atomic mass is 9.62. The summed E-state index contributed by atoms with van der Waals surface area (Å²) in [7, 11) is 1.63. The van der Waals surface area contributed by atoms with Gasteiger partial charge in [-0.15, -0.1) is 0 Å². The van der Waals surface area contributed by atoms with E-state index in [4.69, 9.17) is 21.1 Å². The van der Waals surface area contributed by atoms with Crippen LogP contribution in [-0.4, -0.2) is 24.2 Å². The summed E-state index contributed by atoms with van der Waals surface area (Å²) < 4.78 is 11.8. The summed E-state index contributed by atoms with van der Waals surface area (Å²) in [5.41, 5.74) is 3.40. The highest BCUT2D eigenvalue weighted by Gasteiger charge is 2.47. The Morgan fingerprint density at radius 2 is 1.70 bits per heavy atom. The first kappa shape index (κ1) is 31.0. The van der Waals surface area contributed by atoms with Gasteiger partial charge in [0.15, 0.2) is 11.5 Å². The highest BCUT2D eigenvalue weighted by Crippen LogP contribution is 2.53. The topological polar surface area (TPSA) is 59.0 Å². The zero-order chi connectivity index (χ0) is 31.2. The van der Waals surface area contributed by atoms with Crippen molar-refractivity contribution in [2.75, 3.05) is 12.0 Å². The standard InChI is InChI=1S/C38H46ClNO4/c1-24(2)44-34-22-32-28(20-33(34)43-5)21-35(41)40(36(32)27-10-14-30(39)15-11-27)31-16-12-29(13-17-31)38(4,42)37(3)18-6-7-25-8-9-26(19-25)23-37/h10-17,20,22,24-26,36,42H,6-9,18-19,21,23H2,1-5H3/t25?,26?,36-,37?,38?/m0/s1. The monoisotopic (exact) mass is 615 g/mol. The fourth-order valence-corrected chi connectivity index (χ4v) is 8.34. The first-order valence-electron chi connectivity index (χ1n) is 16.3. The predicted molar refractivity (Wildman–Crippen MR) is 177 cm³/mol. The fraction of sp³-hybridized carbons (Fsp3) is 0.500. The summed E-state index contributed by atoms with van der Waals surface area (Å²) >= 11 is 6.29. The summed E-state index contributed by atoms with van der Waals surface area (Å²) in [5, 5.41) is 12.8. The van der Waals surface area contributed by atoms with Crippen LogP contribution in [0.3, 0.4) is 0 Å². The van der Waals surface area contributed by atoms with E-state index in [0.717, 1.165) is 46.7 Å². The lowest BCUT2D eigenvalue weighted by Gasteiger charge is -2.46. The van der Waals surface area contributed by atoms with Crippen molar-refractivity contribution in [2.24, 2.45) is 17.3 Å². The average Bonchev–Trinajstić information content (AvgIpc) is 3.45. The number of amides is 1. The molecule has 0 saturated heterocycles. The third kappa shape index (κ3) is 5.74. The molecular formula is C38H46ClNO4. The van der Waals surface area contributed by atoms with E-state index in [1.54, 1.807) is 7.11 Å². The van der Waals surface area contributed by atoms with Crippen LogP contribution in [0.5, 0.6) is 11.5 Å². The highest BCUT2D eigenvalue weighted by molar-refractivity contribution is 6.30. The zero-order valence-corrected chi connectivity index (χ0v) is 27.5. The maximum Gasteiger partial charge on any atom is 0.232 e. The number of ether oxygens (including phenoxy) is 2. The molecule has 3 aromatic carbocycles. The highest BCUT2D eigenvalue weighted by atomic mass is 35.5. The Bertz CT molecular complexity index is 1500. The minimum atomic E-state index is -0.977. The van der Waals surface area contributed by atoms with Gasteiger partial charge in [-0.3, -0.25) is 4.79 Å². The van der Waals surface area contributed by atoms with Crippen molar-refractivity contribution in [3.8, 4) is 11.5 Å². The number of fused-ring (bicyclic) bond motifs is 3. The second kappa shape index (κ2) is 12.1. The molecule has 0 aromatic heterocycles. The molecule has 3 aromatic rings. The molecule has 2 fully saturated rings. The Balaban J connectivity index is 1.38. The molecule has 0 spiro atoms. The van der Waals surface area contributed by atoms with E-state index >= 15 is 0 Å². The van der Waals surface area contributed by atoms with Crippen molar-refractivity contribution >= 4 is 23.2 Å². The Kier molecular flexibility index (Phi) is 8.49. The Hall–Kier alpha value is -3.02. The predicted octanol–water partition coefficient (Wildman–Crippen LogP) is 9.02. The van der Waals surface area contributed by atoms with Crippen LogP contribution in [0.2, 0.25) is 5.02 Å². The van der Waals surface area contributed by atoms with Crippen LogP contribution in [-0.2, 0) is 16.8 Å². The van der Waals surface area contributed by atoms with E-state index in [9.17, 15) is 9.90 Å². The molecule has 44 heavy (non-hydrogen) atoms. The van der Waals surface area contributed by atoms with Gasteiger partial charge in [-0.2, -0.15) is 0 Å². The van der Waals surface area contributed by atoms with Crippen LogP contribution in [0.4, 0.5) is 5.69 Å². The number of anilines is 1. The van der Waals surface area contributed by atoms with Gasteiger partial charge < -0.3 is 19.5 Å². The van der Waals surface area contributed by atoms with Gasteiger partial charge in [0.2, 0.25) is 5.91 Å². The number of rotatable bonds is 7. The van der Waals surface area contributed by atoms with Crippen molar-refractivity contribution in [3.05, 3.63) is 87.9 Å². The largest absolute Gasteiger partial charge is 0.493 e. The normalized spacial score (nSPS) is 26.5. The van der Waals surface area contributed by atoms with Gasteiger partial charge >= 0.3 is 0 Å². The molecule has 3 aliphatic rings. The van der Waals surface area contributed by atoms with E-state index in [1.807, 2.05) is 86.3 Å². The molecule has 5 atom stereocenters. The fourth-order valence-electron chi connectivity index (χ4n) is 8.21. The summed E-state index contributed by atoms with van der Waals surface area (Å²) in [6, 6.07) is 19.3. The molecule has 1 amide bonds. The van der Waals surface area contributed by atoms with E-state index in [2.05, 4.69) is 6.92 Å². The van der Waals surface area contributed by atoms with Crippen molar-refractivity contribution in [2.45, 2.75) is 96.8 Å². The van der Waals surface area contributed by atoms with Gasteiger partial charge in [0.1, 0.15) is 0 Å². The van der Waals surface area contributed by atoms with Crippen molar-refractivity contribution in [3.63, 3.8) is 0 Å². The molecule has 234 valence electrons. The van der Waals surface area contributed by atoms with Crippen LogP contribution in [0, 0.1) is 17.3 Å². The average molecular weight is 616 g/mol. The maximum absolute atomic E-state index is 14.0. The van der Waals surface area contributed by atoms with Crippen LogP contribution in [0.15, 0.2) is 60.7 Å². The van der Waals surface area contributed by atoms with E-state index in [1.165, 1.54) is 32.1 Å². The van der Waals surface area contributed by atoms with E-state index in [0.29, 0.717) is 22.4 Å². The first-order chi connectivity index (χ1) is 21.0. The molecule has 1 N–H and O–H groups in total. The zero-order valence-electron chi connectivity index (χ0n) is 26.7. The first-order valence-corrected chi connectivity index (χ1v) is 16.6. The minimum absolute atomic E-state index is 0.000640. The van der Waals surface area contributed by atoms with E-state index in [-0.39, 0.29) is 29.9 Å². The third-order valence-electron chi connectivity index (χ3n) is 10.7. The number of carbonyl (C=O) groups excluding carboxylic acids is 1. The molecule has 2 bridgehead atoms. The van der Waals surface area contributed by atoms with Gasteiger partial charge in [0.05, 0.1) is 31.3 Å². The van der Waals surface area contributed by atoms with Gasteiger partial charge in [0, 0.05) is 16.1 Å². The van der Waals surface area contributed by atoms with Crippen molar-refractivity contribution in [1.29, 1.82) is 0 Å². The molecule has 4 unspecified atom stereocenters.